The first-order valence-electron chi connectivity index (χ1n) is 10.7. The summed E-state index contributed by atoms with van der Waals surface area (Å²) in [5.41, 5.74) is 6.90. The van der Waals surface area contributed by atoms with Gasteiger partial charge in [0.05, 0.1) is 19.7 Å². The molecule has 9 nitrogen and oxygen atoms in total. The van der Waals surface area contributed by atoms with Crippen molar-refractivity contribution in [2.24, 2.45) is 5.73 Å². The Morgan fingerprint density at radius 3 is 1.88 bits per heavy atom. The molecule has 2 rings (SSSR count). The van der Waals surface area contributed by atoms with Crippen LogP contribution in [0.2, 0.25) is 0 Å². The lowest BCUT2D eigenvalue weighted by Gasteiger charge is -2.23. The second kappa shape index (κ2) is 13.6. The Bertz CT molecular complexity index is 921. The molecule has 9 heteroatoms. The lowest BCUT2D eigenvalue weighted by atomic mass is 10.0. The highest BCUT2D eigenvalue weighted by Gasteiger charge is 2.28. The third-order valence-electron chi connectivity index (χ3n) is 4.74. The Balaban J connectivity index is 2.15. The first-order chi connectivity index (χ1) is 15.9. The normalized spacial score (nSPS) is 12.2. The Labute approximate surface area is 193 Å². The van der Waals surface area contributed by atoms with Crippen LogP contribution in [-0.4, -0.2) is 55.5 Å². The molecule has 2 aromatic rings. The minimum atomic E-state index is -0.970. The monoisotopic (exact) mass is 454 g/mol. The number of nitrogens with one attached hydrogen (secondary N) is 3. The Morgan fingerprint density at radius 2 is 1.36 bits per heavy atom. The highest BCUT2D eigenvalue weighted by atomic mass is 16.5. The van der Waals surface area contributed by atoms with Crippen molar-refractivity contribution in [3.8, 4) is 0 Å². The van der Waals surface area contributed by atoms with Gasteiger partial charge in [-0.05, 0) is 18.1 Å². The summed E-state index contributed by atoms with van der Waals surface area (Å²) in [5.74, 6) is -2.14. The number of hydrogen-bond acceptors (Lipinski definition) is 6. The zero-order valence-electron chi connectivity index (χ0n) is 18.6. The van der Waals surface area contributed by atoms with E-state index < -0.39 is 35.8 Å². The molecule has 2 atom stereocenters. The molecule has 0 radical (unpaired) electrons. The van der Waals surface area contributed by atoms with E-state index in [0.717, 1.165) is 11.1 Å². The molecule has 0 spiro atoms. The molecule has 176 valence electrons. The number of carbonyl (C=O) groups excluding carboxylic acids is 4. The van der Waals surface area contributed by atoms with Crippen LogP contribution in [0.15, 0.2) is 60.7 Å². The number of rotatable bonds is 12. The van der Waals surface area contributed by atoms with Gasteiger partial charge in [0.1, 0.15) is 12.1 Å². The van der Waals surface area contributed by atoms with Crippen LogP contribution in [0.3, 0.4) is 0 Å². The van der Waals surface area contributed by atoms with Gasteiger partial charge < -0.3 is 26.4 Å². The standard InChI is InChI=1S/C24H30N4O5/c1-2-33-24(32)20(14-18-11-7-4-8-12-18)28-23(31)19(13-17-9-5-3-6-10-17)27-22(30)16-26-21(29)15-25/h3-12,19-20H,2,13-16,25H2,1H3,(H,26,29)(H,27,30)(H,28,31). The summed E-state index contributed by atoms with van der Waals surface area (Å²) in [4.78, 5) is 49.3. The van der Waals surface area contributed by atoms with Crippen LogP contribution in [0, 0.1) is 0 Å². The number of nitrogens with two attached hydrogens (primary N) is 1. The number of benzene rings is 2. The van der Waals surface area contributed by atoms with E-state index in [1.165, 1.54) is 0 Å². The Morgan fingerprint density at radius 1 is 0.818 bits per heavy atom. The quantitative estimate of drug-likeness (QED) is 0.335. The fourth-order valence-electron chi connectivity index (χ4n) is 3.11. The molecule has 0 aromatic heterocycles. The zero-order valence-corrected chi connectivity index (χ0v) is 18.6. The van der Waals surface area contributed by atoms with Crippen LogP contribution in [0.4, 0.5) is 0 Å². The summed E-state index contributed by atoms with van der Waals surface area (Å²) >= 11 is 0. The molecule has 0 bridgehead atoms. The maximum Gasteiger partial charge on any atom is 0.328 e. The minimum absolute atomic E-state index is 0.172. The minimum Gasteiger partial charge on any atom is -0.464 e. The van der Waals surface area contributed by atoms with Gasteiger partial charge in [-0.15, -0.1) is 0 Å². The second-order valence-electron chi connectivity index (χ2n) is 7.29. The van der Waals surface area contributed by atoms with Crippen LogP contribution >= 0.6 is 0 Å². The van der Waals surface area contributed by atoms with Crippen LogP contribution in [-0.2, 0) is 36.8 Å². The van der Waals surface area contributed by atoms with E-state index in [1.54, 1.807) is 6.92 Å². The van der Waals surface area contributed by atoms with Crippen LogP contribution < -0.4 is 21.7 Å². The van der Waals surface area contributed by atoms with Crippen molar-refractivity contribution in [2.45, 2.75) is 31.8 Å². The van der Waals surface area contributed by atoms with Gasteiger partial charge >= 0.3 is 5.97 Å². The highest BCUT2D eigenvalue weighted by molar-refractivity contribution is 5.92. The maximum absolute atomic E-state index is 13.1. The van der Waals surface area contributed by atoms with Gasteiger partial charge in [0.25, 0.3) is 0 Å². The van der Waals surface area contributed by atoms with Crippen molar-refractivity contribution in [3.05, 3.63) is 71.8 Å². The molecule has 0 saturated heterocycles. The summed E-state index contributed by atoms with van der Waals surface area (Å²) in [7, 11) is 0. The molecular formula is C24H30N4O5. The summed E-state index contributed by atoms with van der Waals surface area (Å²) in [5, 5.41) is 7.71. The molecule has 33 heavy (non-hydrogen) atoms. The van der Waals surface area contributed by atoms with E-state index in [1.807, 2.05) is 60.7 Å². The largest absolute Gasteiger partial charge is 0.464 e. The number of amides is 3. The molecule has 2 aromatic carbocycles. The highest BCUT2D eigenvalue weighted by Crippen LogP contribution is 2.08. The molecule has 0 heterocycles. The zero-order chi connectivity index (χ0) is 24.1. The molecular weight excluding hydrogens is 424 g/mol. The molecule has 0 aliphatic heterocycles. The van der Waals surface area contributed by atoms with Crippen molar-refractivity contribution in [1.82, 2.24) is 16.0 Å². The van der Waals surface area contributed by atoms with Crippen LogP contribution in [0.5, 0.6) is 0 Å². The summed E-state index contributed by atoms with van der Waals surface area (Å²) in [6, 6.07) is 16.5. The third kappa shape index (κ3) is 9.12. The molecule has 0 aliphatic carbocycles. The topological polar surface area (TPSA) is 140 Å². The molecule has 2 unspecified atom stereocenters. The van der Waals surface area contributed by atoms with Crippen molar-refractivity contribution >= 4 is 23.7 Å². The van der Waals surface area contributed by atoms with E-state index in [9.17, 15) is 19.2 Å². The van der Waals surface area contributed by atoms with Gasteiger partial charge in [-0.2, -0.15) is 0 Å². The lowest BCUT2D eigenvalue weighted by molar-refractivity contribution is -0.147. The van der Waals surface area contributed by atoms with Crippen molar-refractivity contribution in [1.29, 1.82) is 0 Å². The summed E-state index contributed by atoms with van der Waals surface area (Å²) in [6.07, 6.45) is 0.439. The van der Waals surface area contributed by atoms with Gasteiger partial charge in [-0.25, -0.2) is 4.79 Å². The van der Waals surface area contributed by atoms with Gasteiger partial charge in [-0.3, -0.25) is 14.4 Å². The molecule has 0 aliphatic rings. The van der Waals surface area contributed by atoms with Crippen molar-refractivity contribution < 1.29 is 23.9 Å². The second-order valence-corrected chi connectivity index (χ2v) is 7.29. The molecule has 0 fully saturated rings. The fourth-order valence-corrected chi connectivity index (χ4v) is 3.11. The first-order valence-corrected chi connectivity index (χ1v) is 10.7. The SMILES string of the molecule is CCOC(=O)C(Cc1ccccc1)NC(=O)C(Cc1ccccc1)NC(=O)CNC(=O)CN. The fraction of sp³-hybridized carbons (Fsp3) is 0.333. The van der Waals surface area contributed by atoms with Crippen molar-refractivity contribution in [3.63, 3.8) is 0 Å². The van der Waals surface area contributed by atoms with Crippen LogP contribution in [0.1, 0.15) is 18.1 Å². The number of esters is 1. The predicted octanol–water partition coefficient (Wildman–Crippen LogP) is 0.0794. The van der Waals surface area contributed by atoms with E-state index in [-0.39, 0.29) is 32.5 Å². The average Bonchev–Trinajstić information content (AvgIpc) is 2.83. The Hall–Kier alpha value is -3.72. The first kappa shape index (κ1) is 25.5. The number of carbonyl (C=O) groups is 4. The van der Waals surface area contributed by atoms with Gasteiger partial charge in [0.2, 0.25) is 17.7 Å². The summed E-state index contributed by atoms with van der Waals surface area (Å²) < 4.78 is 5.13. The van der Waals surface area contributed by atoms with Crippen LogP contribution in [0.25, 0.3) is 0 Å². The molecule has 3 amide bonds. The smallest absolute Gasteiger partial charge is 0.328 e. The summed E-state index contributed by atoms with van der Waals surface area (Å²) in [6.45, 7) is 1.29. The predicted molar refractivity (Wildman–Crippen MR) is 123 cm³/mol. The van der Waals surface area contributed by atoms with E-state index >= 15 is 0 Å². The van der Waals surface area contributed by atoms with Gasteiger partial charge in [0.15, 0.2) is 0 Å². The van der Waals surface area contributed by atoms with Crippen molar-refractivity contribution in [2.75, 3.05) is 19.7 Å². The number of ether oxygens (including phenoxy) is 1. The Kier molecular flexibility index (Phi) is 10.6. The number of hydrogen-bond donors (Lipinski definition) is 4. The van der Waals surface area contributed by atoms with Gasteiger partial charge in [-0.1, -0.05) is 60.7 Å². The van der Waals surface area contributed by atoms with E-state index in [4.69, 9.17) is 10.5 Å². The lowest BCUT2D eigenvalue weighted by Crippen LogP contribution is -2.54. The average molecular weight is 455 g/mol. The maximum atomic E-state index is 13.1. The van der Waals surface area contributed by atoms with E-state index in [2.05, 4.69) is 16.0 Å². The third-order valence-corrected chi connectivity index (χ3v) is 4.74. The van der Waals surface area contributed by atoms with E-state index in [0.29, 0.717) is 0 Å². The molecule has 0 saturated carbocycles. The van der Waals surface area contributed by atoms with Gasteiger partial charge in [0, 0.05) is 12.8 Å². The molecule has 5 N–H and O–H groups in total.